The van der Waals surface area contributed by atoms with Gasteiger partial charge >= 0.3 is 5.97 Å². The Morgan fingerprint density at radius 2 is 1.96 bits per heavy atom. The molecule has 1 heterocycles. The van der Waals surface area contributed by atoms with E-state index in [9.17, 15) is 14.4 Å². The van der Waals surface area contributed by atoms with Gasteiger partial charge in [0.2, 0.25) is 0 Å². The van der Waals surface area contributed by atoms with Crippen molar-refractivity contribution in [3.63, 3.8) is 0 Å². The maximum atomic E-state index is 12.3. The van der Waals surface area contributed by atoms with Crippen molar-refractivity contribution in [2.45, 2.75) is 45.6 Å². The Hall–Kier alpha value is -2.57. The molecule has 2 rings (SSSR count). The van der Waals surface area contributed by atoms with Gasteiger partial charge in [0.1, 0.15) is 12.3 Å². The smallest absolute Gasteiger partial charge is 0.325 e. The third-order valence-corrected chi connectivity index (χ3v) is 4.60. The first kappa shape index (κ1) is 20.7. The first-order valence-electron chi connectivity index (χ1n) is 9.51. The van der Waals surface area contributed by atoms with Crippen LogP contribution < -0.4 is 10.1 Å². The van der Waals surface area contributed by atoms with Gasteiger partial charge in [0.25, 0.3) is 11.8 Å². The van der Waals surface area contributed by atoms with Crippen LogP contribution in [-0.4, -0.2) is 55.0 Å². The van der Waals surface area contributed by atoms with E-state index in [4.69, 9.17) is 9.47 Å². The van der Waals surface area contributed by atoms with Gasteiger partial charge < -0.3 is 19.7 Å². The number of benzene rings is 1. The number of nitrogens with one attached hydrogen (secondary N) is 1. The number of amides is 2. The molecule has 0 bridgehead atoms. The molecular formula is C20H28N2O5. The van der Waals surface area contributed by atoms with Crippen molar-refractivity contribution in [1.82, 2.24) is 10.2 Å². The molecule has 1 aliphatic heterocycles. The summed E-state index contributed by atoms with van der Waals surface area (Å²) in [7, 11) is 0. The summed E-state index contributed by atoms with van der Waals surface area (Å²) >= 11 is 0. The Kier molecular flexibility index (Phi) is 8.10. The maximum absolute atomic E-state index is 12.3. The van der Waals surface area contributed by atoms with Gasteiger partial charge in [-0.15, -0.1) is 0 Å². The van der Waals surface area contributed by atoms with Crippen molar-refractivity contribution in [1.29, 1.82) is 0 Å². The van der Waals surface area contributed by atoms with Crippen molar-refractivity contribution in [3.8, 4) is 5.75 Å². The van der Waals surface area contributed by atoms with E-state index in [0.29, 0.717) is 24.5 Å². The fourth-order valence-corrected chi connectivity index (χ4v) is 3.21. The van der Waals surface area contributed by atoms with E-state index in [1.165, 1.54) is 0 Å². The van der Waals surface area contributed by atoms with Crippen molar-refractivity contribution < 1.29 is 23.9 Å². The standard InChI is InChI=1S/C20H28N2O5/c1-3-15-9-7-8-12-22(15)18(23)14-27-19(24)13-21-20(25)16-10-5-6-11-17(16)26-4-2/h5-6,10-11,15H,3-4,7-9,12-14H2,1-2H3,(H,21,25)/t15-/m0/s1. The third kappa shape index (κ3) is 5.98. The zero-order valence-corrected chi connectivity index (χ0v) is 16.0. The Morgan fingerprint density at radius 1 is 1.19 bits per heavy atom. The third-order valence-electron chi connectivity index (χ3n) is 4.60. The maximum Gasteiger partial charge on any atom is 0.325 e. The molecule has 1 aliphatic rings. The molecule has 148 valence electrons. The minimum Gasteiger partial charge on any atom is -0.493 e. The number of hydrogen-bond acceptors (Lipinski definition) is 5. The number of rotatable bonds is 8. The van der Waals surface area contributed by atoms with Crippen LogP contribution in [0.3, 0.4) is 0 Å². The van der Waals surface area contributed by atoms with Gasteiger partial charge in [-0.05, 0) is 44.7 Å². The number of carbonyl (C=O) groups excluding carboxylic acids is 3. The molecule has 0 aromatic heterocycles. The second-order valence-corrected chi connectivity index (χ2v) is 6.42. The largest absolute Gasteiger partial charge is 0.493 e. The SMILES string of the molecule is CCOc1ccccc1C(=O)NCC(=O)OCC(=O)N1CCCC[C@@H]1CC. The topological polar surface area (TPSA) is 84.9 Å². The van der Waals surface area contributed by atoms with E-state index in [2.05, 4.69) is 12.2 Å². The molecule has 1 N–H and O–H groups in total. The molecule has 1 aromatic carbocycles. The monoisotopic (exact) mass is 376 g/mol. The van der Waals surface area contributed by atoms with Gasteiger partial charge in [-0.1, -0.05) is 19.1 Å². The number of hydrogen-bond donors (Lipinski definition) is 1. The molecule has 2 amide bonds. The fourth-order valence-electron chi connectivity index (χ4n) is 3.21. The quantitative estimate of drug-likeness (QED) is 0.703. The zero-order valence-electron chi connectivity index (χ0n) is 16.0. The molecule has 1 fully saturated rings. The predicted octanol–water partition coefficient (Wildman–Crippen LogP) is 2.15. The first-order valence-corrected chi connectivity index (χ1v) is 9.51. The van der Waals surface area contributed by atoms with E-state index in [1.54, 1.807) is 29.2 Å². The van der Waals surface area contributed by atoms with Gasteiger partial charge in [0.15, 0.2) is 6.61 Å². The van der Waals surface area contributed by atoms with E-state index in [1.807, 2.05) is 6.92 Å². The van der Waals surface area contributed by atoms with Crippen molar-refractivity contribution in [2.24, 2.45) is 0 Å². The number of likely N-dealkylation sites (tertiary alicyclic amines) is 1. The van der Waals surface area contributed by atoms with Crippen LogP contribution in [0, 0.1) is 0 Å². The summed E-state index contributed by atoms with van der Waals surface area (Å²) < 4.78 is 10.4. The Balaban J connectivity index is 1.79. The summed E-state index contributed by atoms with van der Waals surface area (Å²) in [4.78, 5) is 38.2. The number of ether oxygens (including phenoxy) is 2. The van der Waals surface area contributed by atoms with E-state index in [0.717, 1.165) is 25.7 Å². The molecule has 27 heavy (non-hydrogen) atoms. The lowest BCUT2D eigenvalue weighted by atomic mass is 10.00. The summed E-state index contributed by atoms with van der Waals surface area (Å²) in [5, 5.41) is 2.50. The normalized spacial score (nSPS) is 16.5. The zero-order chi connectivity index (χ0) is 19.6. The van der Waals surface area contributed by atoms with Crippen LogP contribution in [-0.2, 0) is 14.3 Å². The molecular weight excluding hydrogens is 348 g/mol. The van der Waals surface area contributed by atoms with Crippen LogP contribution in [0.15, 0.2) is 24.3 Å². The van der Waals surface area contributed by atoms with Crippen molar-refractivity contribution in [2.75, 3.05) is 26.3 Å². The highest BCUT2D eigenvalue weighted by Gasteiger charge is 2.26. The van der Waals surface area contributed by atoms with E-state index < -0.39 is 11.9 Å². The molecule has 0 aliphatic carbocycles. The highest BCUT2D eigenvalue weighted by atomic mass is 16.5. The molecule has 1 saturated heterocycles. The molecule has 7 heteroatoms. The van der Waals surface area contributed by atoms with Crippen molar-refractivity contribution >= 4 is 17.8 Å². The number of nitrogens with zero attached hydrogens (tertiary/aromatic N) is 1. The number of para-hydroxylation sites is 1. The Morgan fingerprint density at radius 3 is 2.70 bits per heavy atom. The molecule has 7 nitrogen and oxygen atoms in total. The fraction of sp³-hybridized carbons (Fsp3) is 0.550. The summed E-state index contributed by atoms with van der Waals surface area (Å²) in [6, 6.07) is 7.03. The summed E-state index contributed by atoms with van der Waals surface area (Å²) in [6.07, 6.45) is 3.99. The van der Waals surface area contributed by atoms with E-state index in [-0.39, 0.29) is 25.1 Å². The summed E-state index contributed by atoms with van der Waals surface area (Å²) in [5.41, 5.74) is 0.349. The average Bonchev–Trinajstić information content (AvgIpc) is 2.70. The van der Waals surface area contributed by atoms with Gasteiger partial charge in [0, 0.05) is 12.6 Å². The highest BCUT2D eigenvalue weighted by Crippen LogP contribution is 2.19. The minimum atomic E-state index is -0.643. The van der Waals surface area contributed by atoms with Crippen LogP contribution in [0.2, 0.25) is 0 Å². The molecule has 0 saturated carbocycles. The lowest BCUT2D eigenvalue weighted by molar-refractivity contribution is -0.152. The second-order valence-electron chi connectivity index (χ2n) is 6.42. The van der Waals surface area contributed by atoms with Crippen LogP contribution >= 0.6 is 0 Å². The first-order chi connectivity index (χ1) is 13.1. The lowest BCUT2D eigenvalue weighted by Crippen LogP contribution is -2.45. The summed E-state index contributed by atoms with van der Waals surface area (Å²) in [6.45, 7) is 4.43. The minimum absolute atomic E-state index is 0.178. The second kappa shape index (κ2) is 10.5. The van der Waals surface area contributed by atoms with Gasteiger partial charge in [-0.25, -0.2) is 0 Å². The van der Waals surface area contributed by atoms with Gasteiger partial charge in [-0.3, -0.25) is 14.4 Å². The van der Waals surface area contributed by atoms with Gasteiger partial charge in [0.05, 0.1) is 12.2 Å². The lowest BCUT2D eigenvalue weighted by Gasteiger charge is -2.35. The van der Waals surface area contributed by atoms with Crippen LogP contribution in [0.4, 0.5) is 0 Å². The highest BCUT2D eigenvalue weighted by molar-refractivity contribution is 5.98. The number of esters is 1. The van der Waals surface area contributed by atoms with Crippen molar-refractivity contribution in [3.05, 3.63) is 29.8 Å². The molecule has 0 radical (unpaired) electrons. The number of carbonyl (C=O) groups is 3. The van der Waals surface area contributed by atoms with Crippen LogP contribution in [0.25, 0.3) is 0 Å². The Labute approximate surface area is 160 Å². The predicted molar refractivity (Wildman–Crippen MR) is 101 cm³/mol. The molecule has 0 spiro atoms. The van der Waals surface area contributed by atoms with Gasteiger partial charge in [-0.2, -0.15) is 0 Å². The molecule has 1 atom stereocenters. The van der Waals surface area contributed by atoms with E-state index >= 15 is 0 Å². The Bertz CT molecular complexity index is 662. The van der Waals surface area contributed by atoms with Crippen LogP contribution in [0.1, 0.15) is 49.9 Å². The molecule has 1 aromatic rings. The van der Waals surface area contributed by atoms with Crippen LogP contribution in [0.5, 0.6) is 5.75 Å². The number of piperidine rings is 1. The average molecular weight is 376 g/mol. The molecule has 0 unspecified atom stereocenters. The summed E-state index contributed by atoms with van der Waals surface area (Å²) in [5.74, 6) is -0.792.